The Balaban J connectivity index is 2.19. The molecule has 3 nitrogen and oxygen atoms in total. The molecule has 0 amide bonds. The fourth-order valence-corrected chi connectivity index (χ4v) is 2.11. The molecule has 0 unspecified atom stereocenters. The van der Waals surface area contributed by atoms with Crippen molar-refractivity contribution >= 4 is 0 Å². The van der Waals surface area contributed by atoms with Gasteiger partial charge in [-0.2, -0.15) is 0 Å². The molecular weight excluding hydrogens is 190 g/mol. The number of hydrogen-bond acceptors (Lipinski definition) is 3. The van der Waals surface area contributed by atoms with E-state index in [9.17, 15) is 5.11 Å². The number of ether oxygens (including phenoxy) is 1. The molecule has 3 heteroatoms. The highest BCUT2D eigenvalue weighted by Crippen LogP contribution is 2.19. The first-order valence-electron chi connectivity index (χ1n) is 6.09. The molecule has 2 N–H and O–H groups in total. The second-order valence-electron chi connectivity index (χ2n) is 5.08. The van der Waals surface area contributed by atoms with Crippen molar-refractivity contribution in [1.29, 1.82) is 0 Å². The maximum absolute atomic E-state index is 9.39. The van der Waals surface area contributed by atoms with Gasteiger partial charge < -0.3 is 15.2 Å². The highest BCUT2D eigenvalue weighted by atomic mass is 16.5. The number of rotatable bonds is 5. The van der Waals surface area contributed by atoms with Crippen molar-refractivity contribution in [1.82, 2.24) is 5.32 Å². The van der Waals surface area contributed by atoms with Crippen molar-refractivity contribution in [2.24, 2.45) is 0 Å². The fraction of sp³-hybridized carbons (Fsp3) is 1.00. The zero-order valence-corrected chi connectivity index (χ0v) is 10.3. The Labute approximate surface area is 93.2 Å². The summed E-state index contributed by atoms with van der Waals surface area (Å²) in [5, 5.41) is 12.9. The van der Waals surface area contributed by atoms with Crippen molar-refractivity contribution in [2.75, 3.05) is 13.2 Å². The minimum absolute atomic E-state index is 0.0667. The standard InChI is InChI=1S/C12H25NO2/c1-4-15-12(2,3)9-13-10-5-7-11(14)8-6-10/h10-11,13-14H,4-9H2,1-3H3. The van der Waals surface area contributed by atoms with Crippen LogP contribution in [0.25, 0.3) is 0 Å². The summed E-state index contributed by atoms with van der Waals surface area (Å²) < 4.78 is 5.63. The molecule has 1 fully saturated rings. The first-order valence-corrected chi connectivity index (χ1v) is 6.09. The summed E-state index contributed by atoms with van der Waals surface area (Å²) in [7, 11) is 0. The van der Waals surface area contributed by atoms with Gasteiger partial charge in [0.25, 0.3) is 0 Å². The first-order chi connectivity index (χ1) is 7.03. The van der Waals surface area contributed by atoms with E-state index >= 15 is 0 Å². The third-order valence-electron chi connectivity index (χ3n) is 3.05. The van der Waals surface area contributed by atoms with Crippen LogP contribution >= 0.6 is 0 Å². The van der Waals surface area contributed by atoms with Crippen LogP contribution in [0.2, 0.25) is 0 Å². The van der Waals surface area contributed by atoms with Crippen LogP contribution in [-0.2, 0) is 4.74 Å². The molecule has 0 radical (unpaired) electrons. The van der Waals surface area contributed by atoms with E-state index in [1.165, 1.54) is 0 Å². The van der Waals surface area contributed by atoms with Crippen LogP contribution in [0.4, 0.5) is 0 Å². The van der Waals surface area contributed by atoms with E-state index in [1.54, 1.807) is 0 Å². The van der Waals surface area contributed by atoms with Crippen LogP contribution in [0.3, 0.4) is 0 Å². The zero-order chi connectivity index (χ0) is 11.3. The summed E-state index contributed by atoms with van der Waals surface area (Å²) in [6, 6.07) is 0.563. The maximum atomic E-state index is 9.39. The summed E-state index contributed by atoms with van der Waals surface area (Å²) in [6.07, 6.45) is 3.98. The summed E-state index contributed by atoms with van der Waals surface area (Å²) >= 11 is 0. The molecule has 0 heterocycles. The molecule has 1 saturated carbocycles. The smallest absolute Gasteiger partial charge is 0.0750 e. The molecule has 0 saturated heterocycles. The molecule has 0 aromatic heterocycles. The summed E-state index contributed by atoms with van der Waals surface area (Å²) in [5.74, 6) is 0. The van der Waals surface area contributed by atoms with Gasteiger partial charge in [0.05, 0.1) is 11.7 Å². The van der Waals surface area contributed by atoms with Crippen LogP contribution < -0.4 is 5.32 Å². The molecule has 0 aromatic carbocycles. The Morgan fingerprint density at radius 1 is 1.27 bits per heavy atom. The van der Waals surface area contributed by atoms with Gasteiger partial charge in [-0.1, -0.05) is 0 Å². The van der Waals surface area contributed by atoms with Gasteiger partial charge >= 0.3 is 0 Å². The van der Waals surface area contributed by atoms with Crippen molar-refractivity contribution in [3.8, 4) is 0 Å². The maximum Gasteiger partial charge on any atom is 0.0750 e. The fourth-order valence-electron chi connectivity index (χ4n) is 2.11. The molecule has 0 spiro atoms. The van der Waals surface area contributed by atoms with Gasteiger partial charge in [-0.05, 0) is 46.5 Å². The minimum atomic E-state index is -0.0786. The summed E-state index contributed by atoms with van der Waals surface area (Å²) in [5.41, 5.74) is -0.0786. The molecule has 1 rings (SSSR count). The lowest BCUT2D eigenvalue weighted by Crippen LogP contribution is -2.44. The molecule has 15 heavy (non-hydrogen) atoms. The molecule has 1 aliphatic rings. The number of hydrogen-bond donors (Lipinski definition) is 2. The van der Waals surface area contributed by atoms with E-state index < -0.39 is 0 Å². The first kappa shape index (κ1) is 12.9. The molecule has 0 atom stereocenters. The third kappa shape index (κ3) is 4.96. The largest absolute Gasteiger partial charge is 0.393 e. The molecule has 0 aromatic rings. The zero-order valence-electron chi connectivity index (χ0n) is 10.3. The van der Waals surface area contributed by atoms with Crippen molar-refractivity contribution in [3.63, 3.8) is 0 Å². The topological polar surface area (TPSA) is 41.5 Å². The Hall–Kier alpha value is -0.120. The Morgan fingerprint density at radius 2 is 1.87 bits per heavy atom. The van der Waals surface area contributed by atoms with Crippen LogP contribution in [0, 0.1) is 0 Å². The van der Waals surface area contributed by atoms with Gasteiger partial charge in [-0.25, -0.2) is 0 Å². The monoisotopic (exact) mass is 215 g/mol. The highest BCUT2D eigenvalue weighted by Gasteiger charge is 2.22. The van der Waals surface area contributed by atoms with Crippen LogP contribution in [0.5, 0.6) is 0 Å². The highest BCUT2D eigenvalue weighted by molar-refractivity contribution is 4.80. The van der Waals surface area contributed by atoms with E-state index in [1.807, 2.05) is 6.92 Å². The predicted octanol–water partition coefficient (Wildman–Crippen LogP) is 1.69. The Morgan fingerprint density at radius 3 is 2.40 bits per heavy atom. The lowest BCUT2D eigenvalue weighted by molar-refractivity contribution is -0.0123. The minimum Gasteiger partial charge on any atom is -0.393 e. The van der Waals surface area contributed by atoms with Crippen LogP contribution in [0.15, 0.2) is 0 Å². The quantitative estimate of drug-likeness (QED) is 0.733. The van der Waals surface area contributed by atoms with Crippen molar-refractivity contribution < 1.29 is 9.84 Å². The van der Waals surface area contributed by atoms with Gasteiger partial charge in [-0.3, -0.25) is 0 Å². The third-order valence-corrected chi connectivity index (χ3v) is 3.05. The predicted molar refractivity (Wildman–Crippen MR) is 62.0 cm³/mol. The Bertz CT molecular complexity index is 174. The van der Waals surface area contributed by atoms with E-state index in [0.717, 1.165) is 38.8 Å². The SMILES string of the molecule is CCOC(C)(C)CNC1CCC(O)CC1. The van der Waals surface area contributed by atoms with Gasteiger partial charge in [0.2, 0.25) is 0 Å². The van der Waals surface area contributed by atoms with Gasteiger partial charge in [-0.15, -0.1) is 0 Å². The lowest BCUT2D eigenvalue weighted by atomic mass is 9.92. The van der Waals surface area contributed by atoms with Gasteiger partial charge in [0.1, 0.15) is 0 Å². The van der Waals surface area contributed by atoms with Gasteiger partial charge in [0.15, 0.2) is 0 Å². The van der Waals surface area contributed by atoms with E-state index in [-0.39, 0.29) is 11.7 Å². The number of aliphatic hydroxyl groups excluding tert-OH is 1. The molecular formula is C12H25NO2. The molecule has 90 valence electrons. The second-order valence-corrected chi connectivity index (χ2v) is 5.08. The van der Waals surface area contributed by atoms with Gasteiger partial charge in [0, 0.05) is 19.2 Å². The van der Waals surface area contributed by atoms with E-state index in [4.69, 9.17) is 4.74 Å². The Kier molecular flexibility index (Phi) is 5.03. The van der Waals surface area contributed by atoms with Crippen molar-refractivity contribution in [2.45, 2.75) is 64.2 Å². The average Bonchev–Trinajstić information content (AvgIpc) is 2.17. The van der Waals surface area contributed by atoms with E-state index in [0.29, 0.717) is 6.04 Å². The summed E-state index contributed by atoms with van der Waals surface area (Å²) in [6.45, 7) is 7.90. The second kappa shape index (κ2) is 5.83. The molecule has 0 aliphatic heterocycles. The van der Waals surface area contributed by atoms with E-state index in [2.05, 4.69) is 19.2 Å². The average molecular weight is 215 g/mol. The normalized spacial score (nSPS) is 28.0. The molecule has 0 bridgehead atoms. The van der Waals surface area contributed by atoms with Crippen LogP contribution in [0.1, 0.15) is 46.5 Å². The number of aliphatic hydroxyl groups is 1. The molecule has 1 aliphatic carbocycles. The number of nitrogens with one attached hydrogen (secondary N) is 1. The van der Waals surface area contributed by atoms with Crippen LogP contribution in [-0.4, -0.2) is 36.0 Å². The van der Waals surface area contributed by atoms with Crippen molar-refractivity contribution in [3.05, 3.63) is 0 Å². The summed E-state index contributed by atoms with van der Waals surface area (Å²) in [4.78, 5) is 0. The lowest BCUT2D eigenvalue weighted by Gasteiger charge is -2.31.